The highest BCUT2D eigenvalue weighted by Gasteiger charge is 2.41. The molecule has 0 amide bonds. The van der Waals surface area contributed by atoms with Gasteiger partial charge in [-0.3, -0.25) is 0 Å². The van der Waals surface area contributed by atoms with Crippen molar-refractivity contribution < 1.29 is 19.1 Å². The van der Waals surface area contributed by atoms with E-state index in [4.69, 9.17) is 26.5 Å². The molecule has 0 aliphatic heterocycles. The topological polar surface area (TPSA) is 124 Å². The Morgan fingerprint density at radius 3 is 2.62 bits per heavy atom. The number of pyridine rings is 1. The fourth-order valence-corrected chi connectivity index (χ4v) is 5.06. The number of ether oxygens (including phenoxy) is 1. The van der Waals surface area contributed by atoms with Crippen molar-refractivity contribution in [1.82, 2.24) is 15.2 Å². The lowest BCUT2D eigenvalue weighted by molar-refractivity contribution is 0.0698. The fourth-order valence-electron chi connectivity index (χ4n) is 3.67. The van der Waals surface area contributed by atoms with E-state index in [2.05, 4.69) is 15.2 Å². The van der Waals surface area contributed by atoms with Gasteiger partial charge in [-0.25, -0.2) is 9.78 Å². The zero-order valence-electron chi connectivity index (χ0n) is 17.7. The monoisotopic (exact) mass is 492 g/mol. The van der Waals surface area contributed by atoms with Crippen LogP contribution in [0, 0.1) is 0 Å². The summed E-state index contributed by atoms with van der Waals surface area (Å²) in [6.45, 7) is 1.76. The molecule has 3 heterocycles. The number of carboxylic acid groups (broad SMARTS) is 1. The maximum Gasteiger partial charge on any atom is 0.338 e. The average Bonchev–Trinajstić information content (AvgIpc) is 3.49. The molecule has 0 saturated carbocycles. The zero-order chi connectivity index (χ0) is 23.9. The molecule has 170 valence electrons. The van der Waals surface area contributed by atoms with Gasteiger partial charge in [0, 0.05) is 17.1 Å². The van der Waals surface area contributed by atoms with Crippen LogP contribution in [-0.2, 0) is 5.60 Å². The summed E-state index contributed by atoms with van der Waals surface area (Å²) < 4.78 is 13.0. The lowest BCUT2D eigenvalue weighted by Gasteiger charge is -2.27. The number of benzene rings is 2. The van der Waals surface area contributed by atoms with E-state index in [1.807, 2.05) is 24.3 Å². The first-order valence-corrected chi connectivity index (χ1v) is 11.4. The van der Waals surface area contributed by atoms with Gasteiger partial charge in [0.25, 0.3) is 5.89 Å². The minimum absolute atomic E-state index is 0.0461. The van der Waals surface area contributed by atoms with Gasteiger partial charge in [0.15, 0.2) is 0 Å². The lowest BCUT2D eigenvalue weighted by Crippen LogP contribution is -2.31. The Balaban J connectivity index is 1.72. The van der Waals surface area contributed by atoms with Crippen LogP contribution in [0.1, 0.15) is 28.7 Å². The number of thiophene rings is 1. The van der Waals surface area contributed by atoms with Gasteiger partial charge in [0.2, 0.25) is 11.5 Å². The highest BCUT2D eigenvalue weighted by atomic mass is 35.5. The summed E-state index contributed by atoms with van der Waals surface area (Å²) in [4.78, 5) is 15.9. The van der Waals surface area contributed by atoms with Crippen LogP contribution in [0.15, 0.2) is 70.6 Å². The minimum Gasteiger partial charge on any atom is -0.478 e. The van der Waals surface area contributed by atoms with E-state index in [0.717, 1.165) is 0 Å². The predicted molar refractivity (Wildman–Crippen MR) is 129 cm³/mol. The molecular formula is C24H17ClN4O4S. The quantitative estimate of drug-likeness (QED) is 0.313. The molecule has 2 aromatic carbocycles. The summed E-state index contributed by atoms with van der Waals surface area (Å²) in [5.74, 6) is -0.0189. The number of para-hydroxylation sites is 1. The predicted octanol–water partition coefficient (Wildman–Crippen LogP) is 5.62. The molecule has 3 N–H and O–H groups in total. The molecule has 3 aromatic heterocycles. The van der Waals surface area contributed by atoms with Crippen molar-refractivity contribution >= 4 is 44.8 Å². The van der Waals surface area contributed by atoms with Crippen LogP contribution in [-0.4, -0.2) is 26.3 Å². The average molecular weight is 493 g/mol. The van der Waals surface area contributed by atoms with Crippen molar-refractivity contribution in [3.05, 3.63) is 88.2 Å². The molecule has 10 heteroatoms. The lowest BCUT2D eigenvalue weighted by atomic mass is 9.94. The highest BCUT2D eigenvalue weighted by Crippen LogP contribution is 2.44. The fraction of sp³-hybridized carbons (Fsp3) is 0.0833. The summed E-state index contributed by atoms with van der Waals surface area (Å²) >= 11 is 7.55. The molecule has 0 bridgehead atoms. The molecule has 8 nitrogen and oxygen atoms in total. The van der Waals surface area contributed by atoms with Gasteiger partial charge < -0.3 is 20.0 Å². The van der Waals surface area contributed by atoms with E-state index in [-0.39, 0.29) is 23.2 Å². The van der Waals surface area contributed by atoms with Crippen LogP contribution in [0.25, 0.3) is 21.5 Å². The van der Waals surface area contributed by atoms with Crippen LogP contribution in [0.2, 0.25) is 5.02 Å². The number of fused-ring (bicyclic) bond motifs is 1. The Morgan fingerprint density at radius 1 is 1.15 bits per heavy atom. The van der Waals surface area contributed by atoms with E-state index in [9.17, 15) is 9.90 Å². The molecular weight excluding hydrogens is 476 g/mol. The van der Waals surface area contributed by atoms with Gasteiger partial charge >= 0.3 is 5.97 Å². The number of anilines is 1. The maximum atomic E-state index is 11.8. The van der Waals surface area contributed by atoms with Crippen molar-refractivity contribution in [2.45, 2.75) is 12.5 Å². The van der Waals surface area contributed by atoms with Gasteiger partial charge in [0.05, 0.1) is 20.8 Å². The number of hydrogen-bond acceptors (Lipinski definition) is 8. The molecule has 34 heavy (non-hydrogen) atoms. The van der Waals surface area contributed by atoms with Crippen molar-refractivity contribution in [3.63, 3.8) is 0 Å². The first-order valence-electron chi connectivity index (χ1n) is 10.1. The number of rotatable bonds is 6. The van der Waals surface area contributed by atoms with Gasteiger partial charge in [0.1, 0.15) is 11.6 Å². The number of nitrogen functional groups attached to an aromatic ring is 1. The third-order valence-electron chi connectivity index (χ3n) is 5.37. The largest absolute Gasteiger partial charge is 0.478 e. The van der Waals surface area contributed by atoms with Crippen LogP contribution in [0.4, 0.5) is 5.82 Å². The van der Waals surface area contributed by atoms with Crippen molar-refractivity contribution in [3.8, 4) is 17.2 Å². The second-order valence-corrected chi connectivity index (χ2v) is 8.84. The SMILES string of the molecule is CC(Oc1ccccc1)(c1nnc(-c2ccccc2Cl)o1)c1csc2c(C(=O)O)cnc(N)c12. The van der Waals surface area contributed by atoms with Gasteiger partial charge in [-0.1, -0.05) is 41.9 Å². The Labute approximate surface area is 202 Å². The molecule has 0 aliphatic rings. The first-order chi connectivity index (χ1) is 16.4. The number of halogens is 1. The summed E-state index contributed by atoms with van der Waals surface area (Å²) in [5.41, 5.74) is 6.08. The summed E-state index contributed by atoms with van der Waals surface area (Å²) in [5, 5.41) is 20.8. The summed E-state index contributed by atoms with van der Waals surface area (Å²) in [6.07, 6.45) is 1.25. The number of hydrogen-bond donors (Lipinski definition) is 2. The molecule has 1 unspecified atom stereocenters. The summed E-state index contributed by atoms with van der Waals surface area (Å²) in [7, 11) is 0. The Bertz CT molecular complexity index is 1520. The standard InChI is InChI=1S/C24H17ClN4O4S/c1-24(33-13-7-3-2-4-8-13,23-29-28-21(32-23)14-9-5-6-10-17(14)25)16-12-34-19-15(22(30)31)11-27-20(26)18(16)19/h2-12H,1H3,(H2,26,27)(H,30,31). The molecule has 0 radical (unpaired) electrons. The van der Waals surface area contributed by atoms with Crippen LogP contribution in [0.5, 0.6) is 5.75 Å². The smallest absolute Gasteiger partial charge is 0.338 e. The number of nitrogens with zero attached hydrogens (tertiary/aromatic N) is 3. The van der Waals surface area contributed by atoms with Crippen LogP contribution in [0.3, 0.4) is 0 Å². The van der Waals surface area contributed by atoms with Crippen LogP contribution < -0.4 is 10.5 Å². The van der Waals surface area contributed by atoms with E-state index < -0.39 is 11.6 Å². The van der Waals surface area contributed by atoms with Gasteiger partial charge in [-0.2, -0.15) is 0 Å². The van der Waals surface area contributed by atoms with Crippen molar-refractivity contribution in [1.29, 1.82) is 0 Å². The highest BCUT2D eigenvalue weighted by molar-refractivity contribution is 7.18. The van der Waals surface area contributed by atoms with Gasteiger partial charge in [-0.05, 0) is 36.6 Å². The molecule has 0 aliphatic carbocycles. The maximum absolute atomic E-state index is 11.8. The van der Waals surface area contributed by atoms with E-state index >= 15 is 0 Å². The molecule has 5 aromatic rings. The number of carboxylic acids is 1. The Hall–Kier alpha value is -3.95. The normalized spacial score (nSPS) is 13.0. The molecule has 0 spiro atoms. The van der Waals surface area contributed by atoms with Crippen molar-refractivity contribution in [2.24, 2.45) is 0 Å². The van der Waals surface area contributed by atoms with E-state index in [1.165, 1.54) is 17.5 Å². The second kappa shape index (κ2) is 8.44. The molecule has 5 rings (SSSR count). The van der Waals surface area contributed by atoms with Gasteiger partial charge in [-0.15, -0.1) is 21.5 Å². The Morgan fingerprint density at radius 2 is 1.88 bits per heavy atom. The number of aromatic nitrogens is 3. The first kappa shape index (κ1) is 21.9. The molecule has 1 atom stereocenters. The van der Waals surface area contributed by atoms with Crippen LogP contribution >= 0.6 is 22.9 Å². The van der Waals surface area contributed by atoms with E-state index in [1.54, 1.807) is 42.6 Å². The number of aromatic carboxylic acids is 1. The molecule has 0 saturated heterocycles. The second-order valence-electron chi connectivity index (χ2n) is 7.56. The number of carbonyl (C=O) groups is 1. The Kier molecular flexibility index (Phi) is 5.43. The van der Waals surface area contributed by atoms with Crippen molar-refractivity contribution in [2.75, 3.05) is 5.73 Å². The minimum atomic E-state index is -1.32. The molecule has 0 fully saturated rings. The third kappa shape index (κ3) is 3.64. The van der Waals surface area contributed by atoms with E-state index in [0.29, 0.717) is 32.0 Å². The zero-order valence-corrected chi connectivity index (χ0v) is 19.3. The number of nitrogens with two attached hydrogens (primary N) is 1. The third-order valence-corrected chi connectivity index (χ3v) is 6.71. The summed E-state index contributed by atoms with van der Waals surface area (Å²) in [6, 6.07) is 16.3.